The Morgan fingerprint density at radius 2 is 1.64 bits per heavy atom. The molecular formula is C30H42N10O2. The molecule has 12 heteroatoms. The van der Waals surface area contributed by atoms with Crippen LogP contribution >= 0.6 is 0 Å². The van der Waals surface area contributed by atoms with Crippen LogP contribution in [-0.4, -0.2) is 107 Å². The predicted octanol–water partition coefficient (Wildman–Crippen LogP) is 2.53. The summed E-state index contributed by atoms with van der Waals surface area (Å²) in [6.07, 6.45) is 7.67. The van der Waals surface area contributed by atoms with E-state index in [1.165, 1.54) is 31.6 Å². The van der Waals surface area contributed by atoms with E-state index < -0.39 is 5.91 Å². The van der Waals surface area contributed by atoms with E-state index in [1.807, 2.05) is 25.4 Å². The molecule has 1 aromatic carbocycles. The van der Waals surface area contributed by atoms with Crippen molar-refractivity contribution >= 4 is 28.9 Å². The van der Waals surface area contributed by atoms with Crippen molar-refractivity contribution in [3.8, 4) is 11.3 Å². The summed E-state index contributed by atoms with van der Waals surface area (Å²) < 4.78 is 7.22. The average molecular weight is 575 g/mol. The van der Waals surface area contributed by atoms with Gasteiger partial charge >= 0.3 is 0 Å². The SMILES string of the molecule is CN1CCN(C2CCN(c3ccc(Nc4nc(NC5CCOCC5)c(-c5cnn(C)c5)nc4C(N)=O)cc3)CC2)CC1. The van der Waals surface area contributed by atoms with Crippen molar-refractivity contribution in [2.45, 2.75) is 37.8 Å². The number of ether oxygens (including phenoxy) is 1. The van der Waals surface area contributed by atoms with Gasteiger partial charge in [-0.05, 0) is 57.0 Å². The first-order chi connectivity index (χ1) is 20.4. The van der Waals surface area contributed by atoms with Crippen molar-refractivity contribution < 1.29 is 9.53 Å². The number of rotatable bonds is 8. The van der Waals surface area contributed by atoms with Crippen molar-refractivity contribution in [3.05, 3.63) is 42.4 Å². The summed E-state index contributed by atoms with van der Waals surface area (Å²) in [6.45, 7) is 8.16. The number of hydrogen-bond donors (Lipinski definition) is 3. The number of amides is 1. The lowest BCUT2D eigenvalue weighted by Crippen LogP contribution is -2.52. The molecule has 3 aliphatic rings. The van der Waals surface area contributed by atoms with Crippen LogP contribution in [-0.2, 0) is 11.8 Å². The Morgan fingerprint density at radius 3 is 2.29 bits per heavy atom. The second-order valence-corrected chi connectivity index (χ2v) is 11.6. The smallest absolute Gasteiger partial charge is 0.271 e. The quantitative estimate of drug-likeness (QED) is 0.369. The molecule has 3 aromatic rings. The lowest BCUT2D eigenvalue weighted by Gasteiger charge is -2.42. The second kappa shape index (κ2) is 12.6. The number of benzene rings is 1. The maximum absolute atomic E-state index is 12.5. The summed E-state index contributed by atoms with van der Waals surface area (Å²) in [5.41, 5.74) is 9.20. The third-order valence-corrected chi connectivity index (χ3v) is 8.68. The van der Waals surface area contributed by atoms with Crippen LogP contribution < -0.4 is 21.3 Å². The molecule has 0 bridgehead atoms. The van der Waals surface area contributed by atoms with E-state index in [0.29, 0.717) is 36.6 Å². The highest BCUT2D eigenvalue weighted by Crippen LogP contribution is 2.31. The summed E-state index contributed by atoms with van der Waals surface area (Å²) in [5.74, 6) is 0.264. The number of nitrogens with zero attached hydrogens (tertiary/aromatic N) is 7. The van der Waals surface area contributed by atoms with Gasteiger partial charge in [0.2, 0.25) is 0 Å². The van der Waals surface area contributed by atoms with Gasteiger partial charge in [0, 0.05) is 94.7 Å². The van der Waals surface area contributed by atoms with Crippen LogP contribution in [0.15, 0.2) is 36.7 Å². The van der Waals surface area contributed by atoms with Crippen LogP contribution in [0.25, 0.3) is 11.3 Å². The van der Waals surface area contributed by atoms with Gasteiger partial charge in [-0.15, -0.1) is 0 Å². The fraction of sp³-hybridized carbons (Fsp3) is 0.533. The largest absolute Gasteiger partial charge is 0.381 e. The van der Waals surface area contributed by atoms with Crippen LogP contribution in [0.4, 0.5) is 23.0 Å². The molecule has 12 nitrogen and oxygen atoms in total. The number of aromatic nitrogens is 4. The minimum Gasteiger partial charge on any atom is -0.381 e. The Hall–Kier alpha value is -3.74. The molecule has 4 N–H and O–H groups in total. The van der Waals surface area contributed by atoms with Gasteiger partial charge < -0.3 is 30.9 Å². The molecule has 0 radical (unpaired) electrons. The summed E-state index contributed by atoms with van der Waals surface area (Å²) in [4.78, 5) is 29.6. The van der Waals surface area contributed by atoms with E-state index in [9.17, 15) is 4.79 Å². The molecule has 5 heterocycles. The lowest BCUT2D eigenvalue weighted by atomic mass is 10.0. The first-order valence-corrected chi connectivity index (χ1v) is 15.0. The molecule has 2 aromatic heterocycles. The lowest BCUT2D eigenvalue weighted by molar-refractivity contribution is 0.0904. The van der Waals surface area contributed by atoms with Crippen LogP contribution in [0.1, 0.15) is 36.2 Å². The number of nitrogens with two attached hydrogens (primary N) is 1. The molecule has 3 fully saturated rings. The monoisotopic (exact) mass is 574 g/mol. The van der Waals surface area contributed by atoms with Crippen molar-refractivity contribution in [1.82, 2.24) is 29.5 Å². The highest BCUT2D eigenvalue weighted by atomic mass is 16.5. The molecular weight excluding hydrogens is 532 g/mol. The number of anilines is 4. The fourth-order valence-corrected chi connectivity index (χ4v) is 6.14. The molecule has 42 heavy (non-hydrogen) atoms. The first-order valence-electron chi connectivity index (χ1n) is 15.0. The third-order valence-electron chi connectivity index (χ3n) is 8.68. The van der Waals surface area contributed by atoms with E-state index in [4.69, 9.17) is 20.4 Å². The number of carbonyl (C=O) groups excluding carboxylic acids is 1. The number of piperidine rings is 1. The molecule has 3 saturated heterocycles. The van der Waals surface area contributed by atoms with Gasteiger partial charge in [-0.25, -0.2) is 9.97 Å². The highest BCUT2D eigenvalue weighted by molar-refractivity contribution is 5.97. The highest BCUT2D eigenvalue weighted by Gasteiger charge is 2.27. The number of hydrogen-bond acceptors (Lipinski definition) is 10. The Bertz CT molecular complexity index is 1350. The minimum atomic E-state index is -0.646. The van der Waals surface area contributed by atoms with Gasteiger partial charge in [-0.3, -0.25) is 14.4 Å². The second-order valence-electron chi connectivity index (χ2n) is 11.6. The van der Waals surface area contributed by atoms with Crippen molar-refractivity contribution in [3.63, 3.8) is 0 Å². The third kappa shape index (κ3) is 6.50. The number of likely N-dealkylation sites (N-methyl/N-ethyl adjacent to an activating group) is 1. The Balaban J connectivity index is 1.18. The van der Waals surface area contributed by atoms with Gasteiger partial charge in [0.25, 0.3) is 5.91 Å². The normalized spacial score (nSPS) is 19.6. The topological polar surface area (TPSA) is 130 Å². The summed E-state index contributed by atoms with van der Waals surface area (Å²) in [5, 5.41) is 11.1. The first kappa shape index (κ1) is 28.4. The van der Waals surface area contributed by atoms with Crippen LogP contribution in [0.3, 0.4) is 0 Å². The van der Waals surface area contributed by atoms with Gasteiger partial charge in [-0.2, -0.15) is 5.10 Å². The van der Waals surface area contributed by atoms with E-state index in [1.54, 1.807) is 10.9 Å². The summed E-state index contributed by atoms with van der Waals surface area (Å²) >= 11 is 0. The van der Waals surface area contributed by atoms with E-state index in [0.717, 1.165) is 50.3 Å². The molecule has 0 aliphatic carbocycles. The Labute approximate surface area is 247 Å². The van der Waals surface area contributed by atoms with Gasteiger partial charge in [0.1, 0.15) is 5.69 Å². The molecule has 0 spiro atoms. The van der Waals surface area contributed by atoms with E-state index in [2.05, 4.69) is 49.6 Å². The van der Waals surface area contributed by atoms with Crippen molar-refractivity contribution in [1.29, 1.82) is 0 Å². The van der Waals surface area contributed by atoms with Crippen LogP contribution in [0, 0.1) is 0 Å². The van der Waals surface area contributed by atoms with Crippen molar-refractivity contribution in [2.75, 3.05) is 75.1 Å². The Kier molecular flexibility index (Phi) is 8.54. The average Bonchev–Trinajstić information content (AvgIpc) is 3.44. The van der Waals surface area contributed by atoms with Gasteiger partial charge in [-0.1, -0.05) is 0 Å². The molecule has 1 amide bonds. The zero-order valence-corrected chi connectivity index (χ0v) is 24.6. The molecule has 0 saturated carbocycles. The number of nitrogens with one attached hydrogen (secondary N) is 2. The molecule has 6 rings (SSSR count). The minimum absolute atomic E-state index is 0.0847. The number of aryl methyl sites for hydroxylation is 1. The summed E-state index contributed by atoms with van der Waals surface area (Å²) in [6, 6.07) is 9.17. The van der Waals surface area contributed by atoms with E-state index in [-0.39, 0.29) is 11.7 Å². The predicted molar refractivity (Wildman–Crippen MR) is 164 cm³/mol. The molecule has 0 atom stereocenters. The fourth-order valence-electron chi connectivity index (χ4n) is 6.14. The zero-order valence-electron chi connectivity index (χ0n) is 24.6. The molecule has 3 aliphatic heterocycles. The molecule has 0 unspecified atom stereocenters. The van der Waals surface area contributed by atoms with Gasteiger partial charge in [0.05, 0.1) is 6.20 Å². The van der Waals surface area contributed by atoms with Crippen molar-refractivity contribution in [2.24, 2.45) is 12.8 Å². The summed E-state index contributed by atoms with van der Waals surface area (Å²) in [7, 11) is 4.05. The van der Waals surface area contributed by atoms with Gasteiger partial charge in [0.15, 0.2) is 17.3 Å². The van der Waals surface area contributed by atoms with Crippen LogP contribution in [0.5, 0.6) is 0 Å². The van der Waals surface area contributed by atoms with E-state index >= 15 is 0 Å². The van der Waals surface area contributed by atoms with Crippen LogP contribution in [0.2, 0.25) is 0 Å². The zero-order chi connectivity index (χ0) is 29.1. The maximum atomic E-state index is 12.5. The number of primary amides is 1. The Morgan fingerprint density at radius 1 is 0.929 bits per heavy atom. The standard InChI is InChI=1S/C30H42N10O2/c1-37-13-15-40(16-14-37)25-7-11-39(12-8-25)24-5-3-22(4-6-24)33-30-27(28(31)41)35-26(21-19-32-38(2)20-21)29(36-30)34-23-9-17-42-18-10-23/h3-6,19-20,23,25H,7-18H2,1-2H3,(H2,31,41)(H2,33,34,36). The molecule has 224 valence electrons. The number of piperazine rings is 1. The number of carbonyl (C=O) groups is 1. The maximum Gasteiger partial charge on any atom is 0.271 e.